The summed E-state index contributed by atoms with van der Waals surface area (Å²) in [5.41, 5.74) is 4.12. The first-order chi connectivity index (χ1) is 30.3. The number of carbonyl (C=O) groups excluding carboxylic acids is 2. The number of likely N-dealkylation sites (tertiary alicyclic amines) is 2. The zero-order chi connectivity index (χ0) is 43.5. The van der Waals surface area contributed by atoms with Gasteiger partial charge in [0.2, 0.25) is 0 Å². The molecule has 2 fully saturated rings. The van der Waals surface area contributed by atoms with Gasteiger partial charge in [0, 0.05) is 37.7 Å². The van der Waals surface area contributed by atoms with Crippen LogP contribution in [0, 0.1) is 11.8 Å². The fraction of sp³-hybridized carbons (Fsp3) is 0.500. The number of hydrogen-bond donors (Lipinski definition) is 0. The Labute approximate surface area is 371 Å². The minimum atomic E-state index is -1.02. The van der Waals surface area contributed by atoms with Crippen LogP contribution in [-0.2, 0) is 41.4 Å². The highest BCUT2D eigenvalue weighted by Gasteiger charge is 2.42. The van der Waals surface area contributed by atoms with E-state index in [0.717, 1.165) is 63.2 Å². The van der Waals surface area contributed by atoms with Crippen molar-refractivity contribution in [2.24, 2.45) is 11.8 Å². The molecule has 4 atom stereocenters. The van der Waals surface area contributed by atoms with E-state index in [1.165, 1.54) is 11.1 Å². The monoisotopic (exact) mass is 847 g/mol. The molecule has 0 radical (unpaired) electrons. The smallest absolute Gasteiger partial charge is 0.419 e. The number of esters is 2. The van der Waals surface area contributed by atoms with E-state index < -0.39 is 24.4 Å². The maximum atomic E-state index is 14.7. The van der Waals surface area contributed by atoms with E-state index in [1.54, 1.807) is 0 Å². The standard InChI is InChI=1S/C52H70N4O6/c1-41(2)37-59-39-47(53-31-17-18-32-53)49(55(45-25-13-7-14-26-45)35-29-43-21-9-5-10-22-43)61-51(57)52(58)62-50(48(40-60-38-42(3)4)54-33-19-20-34-54)56(46-27-15-8-16-28-46)36-30-44-23-11-6-12-24-44/h5-16,21-28,41-42,47-50H,17-20,29-40H2,1-4H3. The van der Waals surface area contributed by atoms with Crippen LogP contribution >= 0.6 is 0 Å². The molecule has 2 aliphatic rings. The molecule has 2 saturated heterocycles. The number of hydrogen-bond acceptors (Lipinski definition) is 10. The van der Waals surface area contributed by atoms with Gasteiger partial charge >= 0.3 is 11.9 Å². The van der Waals surface area contributed by atoms with Gasteiger partial charge in [-0.05, 0) is 112 Å². The summed E-state index contributed by atoms with van der Waals surface area (Å²) in [6, 6.07) is 40.1. The second kappa shape index (κ2) is 24.8. The molecule has 334 valence electrons. The van der Waals surface area contributed by atoms with E-state index in [-0.39, 0.29) is 12.1 Å². The van der Waals surface area contributed by atoms with E-state index in [9.17, 15) is 9.59 Å². The molecule has 0 N–H and O–H groups in total. The van der Waals surface area contributed by atoms with Crippen molar-refractivity contribution in [1.29, 1.82) is 0 Å². The molecule has 4 aromatic rings. The quantitative estimate of drug-likeness (QED) is 0.0389. The van der Waals surface area contributed by atoms with E-state index in [0.29, 0.717) is 64.2 Å². The molecule has 6 rings (SSSR count). The van der Waals surface area contributed by atoms with Gasteiger partial charge in [-0.1, -0.05) is 125 Å². The van der Waals surface area contributed by atoms with Gasteiger partial charge in [0.25, 0.3) is 0 Å². The molecule has 4 unspecified atom stereocenters. The van der Waals surface area contributed by atoms with Gasteiger partial charge in [-0.3, -0.25) is 9.80 Å². The first-order valence-corrected chi connectivity index (χ1v) is 23.0. The Morgan fingerprint density at radius 1 is 0.484 bits per heavy atom. The lowest BCUT2D eigenvalue weighted by Crippen LogP contribution is -2.58. The summed E-state index contributed by atoms with van der Waals surface area (Å²) < 4.78 is 26.0. The van der Waals surface area contributed by atoms with E-state index in [4.69, 9.17) is 18.9 Å². The van der Waals surface area contributed by atoms with Crippen LogP contribution in [0.25, 0.3) is 0 Å². The minimum absolute atomic E-state index is 0.327. The predicted octanol–water partition coefficient (Wildman–Crippen LogP) is 8.50. The summed E-state index contributed by atoms with van der Waals surface area (Å²) in [5.74, 6) is -1.39. The molecule has 10 heteroatoms. The fourth-order valence-electron chi connectivity index (χ4n) is 8.58. The summed E-state index contributed by atoms with van der Waals surface area (Å²) in [7, 11) is 0. The Kier molecular flexibility index (Phi) is 18.7. The van der Waals surface area contributed by atoms with Crippen LogP contribution in [0.4, 0.5) is 11.4 Å². The Bertz CT molecular complexity index is 1720. The molecule has 0 aliphatic carbocycles. The van der Waals surface area contributed by atoms with Crippen LogP contribution in [0.15, 0.2) is 121 Å². The summed E-state index contributed by atoms with van der Waals surface area (Å²) in [4.78, 5) is 38.5. The number of nitrogens with zero attached hydrogens (tertiary/aromatic N) is 4. The SMILES string of the molecule is CC(C)COCC(C(OC(=O)C(=O)OC(C(COCC(C)C)N1CCCC1)N(CCc1ccccc1)c1ccccc1)N(CCc1ccccc1)c1ccccc1)N1CCCC1. The highest BCUT2D eigenvalue weighted by molar-refractivity contribution is 6.29. The van der Waals surface area contributed by atoms with E-state index in [2.05, 4.69) is 71.6 Å². The average molecular weight is 847 g/mol. The number of carbonyl (C=O) groups is 2. The lowest BCUT2D eigenvalue weighted by Gasteiger charge is -2.42. The Balaban J connectivity index is 1.36. The lowest BCUT2D eigenvalue weighted by atomic mass is 10.1. The largest absolute Gasteiger partial charge is 0.431 e. The van der Waals surface area contributed by atoms with Gasteiger partial charge in [-0.15, -0.1) is 0 Å². The number of para-hydroxylation sites is 2. The Hall–Kier alpha value is -4.74. The summed E-state index contributed by atoms with van der Waals surface area (Å²) in [5, 5.41) is 0. The lowest BCUT2D eigenvalue weighted by molar-refractivity contribution is -0.179. The van der Waals surface area contributed by atoms with E-state index >= 15 is 0 Å². The highest BCUT2D eigenvalue weighted by atomic mass is 16.6. The van der Waals surface area contributed by atoms with Crippen LogP contribution in [0.1, 0.15) is 64.5 Å². The molecule has 0 bridgehead atoms. The molecule has 2 aliphatic heterocycles. The Morgan fingerprint density at radius 3 is 1.13 bits per heavy atom. The maximum absolute atomic E-state index is 14.7. The third kappa shape index (κ3) is 14.1. The zero-order valence-corrected chi connectivity index (χ0v) is 37.6. The molecular formula is C52H70N4O6. The van der Waals surface area contributed by atoms with E-state index in [1.807, 2.05) is 97.1 Å². The van der Waals surface area contributed by atoms with Gasteiger partial charge < -0.3 is 28.7 Å². The van der Waals surface area contributed by atoms with Crippen molar-refractivity contribution < 1.29 is 28.5 Å². The molecule has 10 nitrogen and oxygen atoms in total. The fourth-order valence-corrected chi connectivity index (χ4v) is 8.58. The normalized spacial score (nSPS) is 16.5. The van der Waals surface area contributed by atoms with Gasteiger partial charge in [0.05, 0.1) is 25.3 Å². The van der Waals surface area contributed by atoms with Gasteiger partial charge in [-0.25, -0.2) is 9.59 Å². The Morgan fingerprint density at radius 2 is 0.806 bits per heavy atom. The third-order valence-electron chi connectivity index (χ3n) is 11.7. The van der Waals surface area contributed by atoms with Crippen LogP contribution in [0.2, 0.25) is 0 Å². The molecule has 0 aromatic heterocycles. The molecule has 0 spiro atoms. The van der Waals surface area contributed by atoms with Gasteiger partial charge in [0.1, 0.15) is 0 Å². The number of rotatable bonds is 24. The summed E-state index contributed by atoms with van der Waals surface area (Å²) in [6.45, 7) is 14.8. The van der Waals surface area contributed by atoms with Crippen molar-refractivity contribution in [3.63, 3.8) is 0 Å². The van der Waals surface area contributed by atoms with Crippen LogP contribution < -0.4 is 9.80 Å². The molecule has 2 heterocycles. The number of ether oxygens (including phenoxy) is 4. The second-order valence-corrected chi connectivity index (χ2v) is 17.6. The van der Waals surface area contributed by atoms with Crippen molar-refractivity contribution >= 4 is 23.3 Å². The third-order valence-corrected chi connectivity index (χ3v) is 11.7. The van der Waals surface area contributed by atoms with Crippen LogP contribution in [-0.4, -0.2) is 112 Å². The summed E-state index contributed by atoms with van der Waals surface area (Å²) in [6.07, 6.45) is 3.86. The van der Waals surface area contributed by atoms with Gasteiger partial charge in [-0.2, -0.15) is 0 Å². The molecule has 62 heavy (non-hydrogen) atoms. The van der Waals surface area contributed by atoms with Crippen LogP contribution in [0.3, 0.4) is 0 Å². The number of benzene rings is 4. The van der Waals surface area contributed by atoms with Crippen molar-refractivity contribution in [3.8, 4) is 0 Å². The first-order valence-electron chi connectivity index (χ1n) is 23.0. The predicted molar refractivity (Wildman–Crippen MR) is 248 cm³/mol. The van der Waals surface area contributed by atoms with Crippen molar-refractivity contribution in [1.82, 2.24) is 9.80 Å². The number of anilines is 2. The topological polar surface area (TPSA) is 84.0 Å². The molecule has 0 amide bonds. The van der Waals surface area contributed by atoms with Crippen molar-refractivity contribution in [3.05, 3.63) is 132 Å². The van der Waals surface area contributed by atoms with Crippen molar-refractivity contribution in [2.75, 3.05) is 75.5 Å². The molecule has 4 aromatic carbocycles. The summed E-state index contributed by atoms with van der Waals surface area (Å²) >= 11 is 0. The maximum Gasteiger partial charge on any atom is 0.419 e. The molecular weight excluding hydrogens is 777 g/mol. The van der Waals surface area contributed by atoms with Gasteiger partial charge in [0.15, 0.2) is 12.5 Å². The van der Waals surface area contributed by atoms with Crippen LogP contribution in [0.5, 0.6) is 0 Å². The second-order valence-electron chi connectivity index (χ2n) is 17.6. The first kappa shape index (κ1) is 46.8. The zero-order valence-electron chi connectivity index (χ0n) is 37.6. The molecule has 0 saturated carbocycles. The highest BCUT2D eigenvalue weighted by Crippen LogP contribution is 2.28. The van der Waals surface area contributed by atoms with Crippen molar-refractivity contribution in [2.45, 2.75) is 90.8 Å². The average Bonchev–Trinajstić information content (AvgIpc) is 4.04. The minimum Gasteiger partial charge on any atom is -0.431 e.